The summed E-state index contributed by atoms with van der Waals surface area (Å²) >= 11 is 0. The van der Waals surface area contributed by atoms with Crippen molar-refractivity contribution in [1.82, 2.24) is 0 Å². The molecule has 2 rings (SSSR count). The first-order valence-corrected chi connectivity index (χ1v) is 6.02. The van der Waals surface area contributed by atoms with Crippen molar-refractivity contribution >= 4 is 12.0 Å². The van der Waals surface area contributed by atoms with Gasteiger partial charge in [-0.25, -0.2) is 4.79 Å². The molecule has 0 fully saturated rings. The Kier molecular flexibility index (Phi) is 4.50. The molecule has 0 saturated carbocycles. The first-order chi connectivity index (χ1) is 9.66. The number of rotatable bonds is 5. The van der Waals surface area contributed by atoms with E-state index in [0.29, 0.717) is 5.56 Å². The molecule has 0 aliphatic heterocycles. The van der Waals surface area contributed by atoms with Gasteiger partial charge in [-0.15, -0.1) is 0 Å². The summed E-state index contributed by atoms with van der Waals surface area (Å²) in [5.74, 6) is -1.75. The molecule has 0 aromatic heterocycles. The minimum atomic E-state index is -1.82. The van der Waals surface area contributed by atoms with E-state index in [0.717, 1.165) is 0 Å². The lowest BCUT2D eigenvalue weighted by Gasteiger charge is -2.12. The highest BCUT2D eigenvalue weighted by atomic mass is 19.1. The van der Waals surface area contributed by atoms with Crippen molar-refractivity contribution in [3.05, 3.63) is 77.5 Å². The monoisotopic (exact) mass is 272 g/mol. The van der Waals surface area contributed by atoms with Crippen LogP contribution < -0.4 is 0 Å². The Morgan fingerprint density at radius 3 is 2.15 bits per heavy atom. The summed E-state index contributed by atoms with van der Waals surface area (Å²) in [5, 5.41) is 9.07. The largest absolute Gasteiger partial charge is 0.475 e. The normalized spacial score (nSPS) is 12.8. The van der Waals surface area contributed by atoms with Crippen molar-refractivity contribution in [2.45, 2.75) is 6.36 Å². The molecule has 102 valence electrons. The van der Waals surface area contributed by atoms with Crippen LogP contribution >= 0.6 is 0 Å². The van der Waals surface area contributed by atoms with Crippen LogP contribution in [0.25, 0.3) is 6.08 Å². The van der Waals surface area contributed by atoms with E-state index in [9.17, 15) is 9.18 Å². The Morgan fingerprint density at radius 1 is 1.05 bits per heavy atom. The molecule has 0 spiro atoms. The predicted octanol–water partition coefficient (Wildman–Crippen LogP) is 3.80. The number of carboxylic acids is 1. The van der Waals surface area contributed by atoms with E-state index in [-0.39, 0.29) is 5.56 Å². The van der Waals surface area contributed by atoms with Gasteiger partial charge < -0.3 is 9.84 Å². The third kappa shape index (κ3) is 3.68. The lowest BCUT2D eigenvalue weighted by molar-refractivity contribution is -0.140. The Morgan fingerprint density at radius 2 is 1.60 bits per heavy atom. The van der Waals surface area contributed by atoms with Gasteiger partial charge in [-0.05, 0) is 11.6 Å². The first-order valence-electron chi connectivity index (χ1n) is 6.02. The molecule has 0 bridgehead atoms. The fourth-order valence-corrected chi connectivity index (χ4v) is 1.63. The minimum Gasteiger partial charge on any atom is -0.475 e. The number of carbonyl (C=O) groups is 1. The maximum Gasteiger partial charge on any atom is 0.371 e. The third-order valence-corrected chi connectivity index (χ3v) is 2.60. The van der Waals surface area contributed by atoms with Gasteiger partial charge in [0.2, 0.25) is 5.76 Å². The predicted molar refractivity (Wildman–Crippen MR) is 73.4 cm³/mol. The SMILES string of the molecule is O=C(O)C(=Cc1ccccc1)OC(F)c1ccccc1. The van der Waals surface area contributed by atoms with Gasteiger partial charge in [-0.1, -0.05) is 60.7 Å². The maximum atomic E-state index is 13.9. The molecule has 0 aliphatic carbocycles. The summed E-state index contributed by atoms with van der Waals surface area (Å²) < 4.78 is 18.8. The maximum absolute atomic E-state index is 13.9. The van der Waals surface area contributed by atoms with Crippen LogP contribution in [0.2, 0.25) is 0 Å². The average Bonchev–Trinajstić information content (AvgIpc) is 2.48. The van der Waals surface area contributed by atoms with Crippen molar-refractivity contribution in [2.24, 2.45) is 0 Å². The molecule has 4 heteroatoms. The number of benzene rings is 2. The van der Waals surface area contributed by atoms with E-state index in [4.69, 9.17) is 9.84 Å². The Balaban J connectivity index is 2.19. The van der Waals surface area contributed by atoms with E-state index < -0.39 is 18.1 Å². The molecule has 3 nitrogen and oxygen atoms in total. The summed E-state index contributed by atoms with van der Waals surface area (Å²) in [6.45, 7) is 0. The third-order valence-electron chi connectivity index (χ3n) is 2.60. The van der Waals surface area contributed by atoms with Crippen molar-refractivity contribution < 1.29 is 19.0 Å². The molecule has 0 amide bonds. The Bertz CT molecular complexity index is 594. The van der Waals surface area contributed by atoms with Crippen LogP contribution in [0, 0.1) is 0 Å². The molecule has 1 unspecified atom stereocenters. The number of alkyl halides is 1. The van der Waals surface area contributed by atoms with Gasteiger partial charge in [0.1, 0.15) is 0 Å². The van der Waals surface area contributed by atoms with E-state index in [1.807, 2.05) is 0 Å². The molecule has 1 N–H and O–H groups in total. The highest BCUT2D eigenvalue weighted by Crippen LogP contribution is 2.23. The molecule has 2 aromatic rings. The topological polar surface area (TPSA) is 46.5 Å². The second-order valence-electron chi connectivity index (χ2n) is 4.07. The van der Waals surface area contributed by atoms with Gasteiger partial charge in [0.15, 0.2) is 0 Å². The number of hydrogen-bond acceptors (Lipinski definition) is 2. The smallest absolute Gasteiger partial charge is 0.371 e. The standard InChI is InChI=1S/C16H13FO3/c17-15(13-9-5-2-6-10-13)20-14(16(18)19)11-12-7-3-1-4-8-12/h1-11,15H,(H,18,19). The van der Waals surface area contributed by atoms with Crippen molar-refractivity contribution in [1.29, 1.82) is 0 Å². The Hall–Kier alpha value is -2.62. The van der Waals surface area contributed by atoms with Gasteiger partial charge in [-0.2, -0.15) is 4.39 Å². The second kappa shape index (κ2) is 6.52. The van der Waals surface area contributed by atoms with Crippen LogP contribution in [-0.4, -0.2) is 11.1 Å². The number of halogens is 1. The van der Waals surface area contributed by atoms with Crippen LogP contribution in [0.5, 0.6) is 0 Å². The molecule has 0 saturated heterocycles. The summed E-state index contributed by atoms with van der Waals surface area (Å²) in [4.78, 5) is 11.1. The van der Waals surface area contributed by atoms with E-state index in [1.165, 1.54) is 18.2 Å². The van der Waals surface area contributed by atoms with Crippen molar-refractivity contribution in [3.63, 3.8) is 0 Å². The van der Waals surface area contributed by atoms with Gasteiger partial charge in [0.05, 0.1) is 0 Å². The fourth-order valence-electron chi connectivity index (χ4n) is 1.63. The summed E-state index contributed by atoms with van der Waals surface area (Å²) in [6.07, 6.45) is -0.528. The average molecular weight is 272 g/mol. The number of hydrogen-bond donors (Lipinski definition) is 1. The molecule has 0 aliphatic rings. The van der Waals surface area contributed by atoms with E-state index in [1.54, 1.807) is 48.5 Å². The lowest BCUT2D eigenvalue weighted by Crippen LogP contribution is -2.07. The quantitative estimate of drug-likeness (QED) is 0.665. The summed E-state index contributed by atoms with van der Waals surface area (Å²) in [6, 6.07) is 16.9. The fraction of sp³-hybridized carbons (Fsp3) is 0.0625. The first kappa shape index (κ1) is 13.8. The zero-order valence-electron chi connectivity index (χ0n) is 10.6. The van der Waals surface area contributed by atoms with Crippen molar-refractivity contribution in [2.75, 3.05) is 0 Å². The summed E-state index contributed by atoms with van der Waals surface area (Å²) in [7, 11) is 0. The van der Waals surface area contributed by atoms with Gasteiger partial charge in [-0.3, -0.25) is 0 Å². The van der Waals surface area contributed by atoms with Crippen LogP contribution in [0.4, 0.5) is 4.39 Å². The van der Waals surface area contributed by atoms with E-state index >= 15 is 0 Å². The van der Waals surface area contributed by atoms with E-state index in [2.05, 4.69) is 0 Å². The van der Waals surface area contributed by atoms with Gasteiger partial charge >= 0.3 is 5.97 Å². The summed E-state index contributed by atoms with van der Waals surface area (Å²) in [5.41, 5.74) is 0.901. The minimum absolute atomic E-state index is 0.271. The second-order valence-corrected chi connectivity index (χ2v) is 4.07. The molecular weight excluding hydrogens is 259 g/mol. The highest BCUT2D eigenvalue weighted by molar-refractivity contribution is 5.89. The number of ether oxygens (including phenoxy) is 1. The van der Waals surface area contributed by atoms with Crippen molar-refractivity contribution in [3.8, 4) is 0 Å². The number of aliphatic carboxylic acids is 1. The molecule has 1 atom stereocenters. The molecule has 0 radical (unpaired) electrons. The number of carboxylic acid groups (broad SMARTS) is 1. The van der Waals surface area contributed by atoms with Crippen LogP contribution in [0.1, 0.15) is 17.5 Å². The zero-order chi connectivity index (χ0) is 14.4. The Labute approximate surface area is 115 Å². The molecule has 0 heterocycles. The van der Waals surface area contributed by atoms with Gasteiger partial charge in [0, 0.05) is 5.56 Å². The van der Waals surface area contributed by atoms with Crippen LogP contribution in [0.15, 0.2) is 66.4 Å². The zero-order valence-corrected chi connectivity index (χ0v) is 10.6. The van der Waals surface area contributed by atoms with Crippen LogP contribution in [0.3, 0.4) is 0 Å². The molecular formula is C16H13FO3. The van der Waals surface area contributed by atoms with Crippen LogP contribution in [-0.2, 0) is 9.53 Å². The van der Waals surface area contributed by atoms with Gasteiger partial charge in [0.25, 0.3) is 6.36 Å². The highest BCUT2D eigenvalue weighted by Gasteiger charge is 2.17. The molecule has 20 heavy (non-hydrogen) atoms. The lowest BCUT2D eigenvalue weighted by atomic mass is 10.2. The molecule has 2 aromatic carbocycles.